The molecule has 31 heavy (non-hydrogen) atoms. The Morgan fingerprint density at radius 3 is 2.42 bits per heavy atom. The third-order valence-corrected chi connectivity index (χ3v) is 5.67. The monoisotopic (exact) mass is 427 g/mol. The van der Waals surface area contributed by atoms with Crippen molar-refractivity contribution in [3.05, 3.63) is 59.7 Å². The highest BCUT2D eigenvalue weighted by molar-refractivity contribution is 5.68. The van der Waals surface area contributed by atoms with Crippen molar-refractivity contribution in [3.63, 3.8) is 0 Å². The normalized spacial score (nSPS) is 18.6. The molecular formula is C26H37NO4. The lowest BCUT2D eigenvalue weighted by Gasteiger charge is -2.20. The SMILES string of the molecule is CC.COC(=O)N1C[C@H](C)[C@H](c2ccc(OC)c(OC(C)CCc3ccccc3)c2)C1. The molecule has 1 saturated heterocycles. The van der Waals surface area contributed by atoms with Crippen LogP contribution in [0.3, 0.4) is 0 Å². The molecule has 0 bridgehead atoms. The van der Waals surface area contributed by atoms with E-state index in [0.717, 1.165) is 29.9 Å². The standard InChI is InChI=1S/C24H31NO4.C2H6/c1-17-15-25(24(26)28-4)16-21(17)20-12-13-22(27-3)23(14-20)29-18(2)10-11-19-8-6-5-7-9-19;1-2/h5-9,12-14,17-18,21H,10-11,15-16H2,1-4H3;1-2H3/t17-,18?,21+;/m0./s1. The quantitative estimate of drug-likeness (QED) is 0.550. The molecular weight excluding hydrogens is 390 g/mol. The van der Waals surface area contributed by atoms with E-state index in [1.54, 1.807) is 12.0 Å². The molecule has 0 spiro atoms. The van der Waals surface area contributed by atoms with Gasteiger partial charge in [-0.25, -0.2) is 4.79 Å². The van der Waals surface area contributed by atoms with Crippen LogP contribution in [0.15, 0.2) is 48.5 Å². The summed E-state index contributed by atoms with van der Waals surface area (Å²) in [7, 11) is 3.09. The van der Waals surface area contributed by atoms with Crippen LogP contribution in [-0.2, 0) is 11.2 Å². The van der Waals surface area contributed by atoms with Gasteiger partial charge in [-0.1, -0.05) is 57.2 Å². The molecule has 0 radical (unpaired) electrons. The second-order valence-corrected chi connectivity index (χ2v) is 7.82. The summed E-state index contributed by atoms with van der Waals surface area (Å²) in [6.07, 6.45) is 1.69. The molecule has 0 aliphatic carbocycles. The number of hydrogen-bond donors (Lipinski definition) is 0. The van der Waals surface area contributed by atoms with Crippen molar-refractivity contribution in [1.29, 1.82) is 0 Å². The number of nitrogens with zero attached hydrogens (tertiary/aromatic N) is 1. The summed E-state index contributed by atoms with van der Waals surface area (Å²) in [5.41, 5.74) is 2.47. The van der Waals surface area contributed by atoms with E-state index in [4.69, 9.17) is 14.2 Å². The number of methoxy groups -OCH3 is 2. The van der Waals surface area contributed by atoms with E-state index >= 15 is 0 Å². The lowest BCUT2D eigenvalue weighted by Crippen LogP contribution is -2.28. The minimum Gasteiger partial charge on any atom is -0.493 e. The van der Waals surface area contributed by atoms with Gasteiger partial charge >= 0.3 is 6.09 Å². The smallest absolute Gasteiger partial charge is 0.409 e. The molecule has 3 rings (SSSR count). The van der Waals surface area contributed by atoms with E-state index in [2.05, 4.69) is 50.2 Å². The summed E-state index contributed by atoms with van der Waals surface area (Å²) in [5.74, 6) is 2.10. The van der Waals surface area contributed by atoms with Crippen LogP contribution >= 0.6 is 0 Å². The van der Waals surface area contributed by atoms with Crippen molar-refractivity contribution >= 4 is 6.09 Å². The molecule has 3 atom stereocenters. The summed E-state index contributed by atoms with van der Waals surface area (Å²) in [4.78, 5) is 13.7. The average molecular weight is 428 g/mol. The molecule has 170 valence electrons. The molecule has 2 aromatic carbocycles. The topological polar surface area (TPSA) is 48.0 Å². The van der Waals surface area contributed by atoms with Gasteiger partial charge in [0.25, 0.3) is 0 Å². The van der Waals surface area contributed by atoms with E-state index in [0.29, 0.717) is 19.0 Å². The molecule has 1 fully saturated rings. The Morgan fingerprint density at radius 1 is 1.06 bits per heavy atom. The number of carbonyl (C=O) groups is 1. The predicted molar refractivity (Wildman–Crippen MR) is 125 cm³/mol. The zero-order valence-electron chi connectivity index (χ0n) is 19.8. The summed E-state index contributed by atoms with van der Waals surface area (Å²) in [6, 6.07) is 16.5. The lowest BCUT2D eigenvalue weighted by molar-refractivity contribution is 0.131. The van der Waals surface area contributed by atoms with Crippen LogP contribution in [0.25, 0.3) is 0 Å². The molecule has 1 amide bonds. The van der Waals surface area contributed by atoms with Gasteiger partial charge < -0.3 is 19.1 Å². The number of benzene rings is 2. The first-order valence-corrected chi connectivity index (χ1v) is 11.2. The number of rotatable bonds is 7. The Bertz CT molecular complexity index is 808. The zero-order chi connectivity index (χ0) is 22.8. The van der Waals surface area contributed by atoms with Crippen molar-refractivity contribution < 1.29 is 19.0 Å². The minimum atomic E-state index is -0.265. The highest BCUT2D eigenvalue weighted by atomic mass is 16.5. The van der Waals surface area contributed by atoms with E-state index in [-0.39, 0.29) is 18.1 Å². The maximum atomic E-state index is 11.9. The Kier molecular flexibility index (Phi) is 9.70. The largest absolute Gasteiger partial charge is 0.493 e. The van der Waals surface area contributed by atoms with Gasteiger partial charge in [-0.3, -0.25) is 0 Å². The molecule has 1 aliphatic rings. The fraction of sp³-hybridized carbons (Fsp3) is 0.500. The van der Waals surface area contributed by atoms with Gasteiger partial charge in [0, 0.05) is 19.0 Å². The van der Waals surface area contributed by atoms with Crippen LogP contribution in [-0.4, -0.2) is 44.4 Å². The molecule has 1 unspecified atom stereocenters. The predicted octanol–water partition coefficient (Wildman–Crippen LogP) is 5.92. The van der Waals surface area contributed by atoms with Gasteiger partial charge in [0.15, 0.2) is 11.5 Å². The molecule has 5 heteroatoms. The van der Waals surface area contributed by atoms with Gasteiger partial charge in [0.2, 0.25) is 0 Å². The third-order valence-electron chi connectivity index (χ3n) is 5.67. The van der Waals surface area contributed by atoms with Crippen molar-refractivity contribution in [2.24, 2.45) is 5.92 Å². The summed E-state index contributed by atoms with van der Waals surface area (Å²) < 4.78 is 16.7. The second-order valence-electron chi connectivity index (χ2n) is 7.82. The summed E-state index contributed by atoms with van der Waals surface area (Å²) in [5, 5.41) is 0. The molecule has 5 nitrogen and oxygen atoms in total. The Morgan fingerprint density at radius 2 is 1.77 bits per heavy atom. The van der Waals surface area contributed by atoms with Crippen LogP contribution in [0.1, 0.15) is 51.2 Å². The first-order chi connectivity index (χ1) is 15.0. The summed E-state index contributed by atoms with van der Waals surface area (Å²) in [6.45, 7) is 9.61. The fourth-order valence-electron chi connectivity index (χ4n) is 3.99. The second kappa shape index (κ2) is 12.2. The van der Waals surface area contributed by atoms with Crippen LogP contribution < -0.4 is 9.47 Å². The van der Waals surface area contributed by atoms with Crippen LogP contribution in [0, 0.1) is 5.92 Å². The number of likely N-dealkylation sites (tertiary alicyclic amines) is 1. The van der Waals surface area contributed by atoms with Gasteiger partial charge in [0.1, 0.15) is 0 Å². The molecule has 1 heterocycles. The van der Waals surface area contributed by atoms with E-state index in [9.17, 15) is 4.79 Å². The molecule has 0 N–H and O–H groups in total. The van der Waals surface area contributed by atoms with Crippen molar-refractivity contribution in [3.8, 4) is 11.5 Å². The molecule has 0 saturated carbocycles. The van der Waals surface area contributed by atoms with Crippen LogP contribution in [0.4, 0.5) is 4.79 Å². The van der Waals surface area contributed by atoms with Gasteiger partial charge in [-0.2, -0.15) is 0 Å². The number of hydrogen-bond acceptors (Lipinski definition) is 4. The van der Waals surface area contributed by atoms with Crippen LogP contribution in [0.5, 0.6) is 11.5 Å². The highest BCUT2D eigenvalue weighted by Crippen LogP contribution is 2.38. The number of amides is 1. The van der Waals surface area contributed by atoms with E-state index < -0.39 is 0 Å². The zero-order valence-corrected chi connectivity index (χ0v) is 19.8. The molecule has 2 aromatic rings. The van der Waals surface area contributed by atoms with Crippen molar-refractivity contribution in [2.75, 3.05) is 27.3 Å². The van der Waals surface area contributed by atoms with Crippen molar-refractivity contribution in [2.45, 2.75) is 52.6 Å². The first kappa shape index (κ1) is 24.6. The average Bonchev–Trinajstić information content (AvgIpc) is 3.20. The number of carbonyl (C=O) groups excluding carboxylic acids is 1. The molecule has 0 aromatic heterocycles. The fourth-order valence-corrected chi connectivity index (χ4v) is 3.99. The number of aryl methyl sites for hydroxylation is 1. The minimum absolute atomic E-state index is 0.0620. The summed E-state index contributed by atoms with van der Waals surface area (Å²) >= 11 is 0. The van der Waals surface area contributed by atoms with Gasteiger partial charge in [-0.15, -0.1) is 0 Å². The Labute approximate surface area is 187 Å². The lowest BCUT2D eigenvalue weighted by atomic mass is 9.90. The number of ether oxygens (including phenoxy) is 3. The molecule has 1 aliphatic heterocycles. The highest BCUT2D eigenvalue weighted by Gasteiger charge is 2.34. The van der Waals surface area contributed by atoms with E-state index in [1.807, 2.05) is 26.0 Å². The third kappa shape index (κ3) is 6.65. The van der Waals surface area contributed by atoms with Gasteiger partial charge in [0.05, 0.1) is 20.3 Å². The maximum Gasteiger partial charge on any atom is 0.409 e. The first-order valence-electron chi connectivity index (χ1n) is 11.2. The van der Waals surface area contributed by atoms with E-state index in [1.165, 1.54) is 12.7 Å². The van der Waals surface area contributed by atoms with Crippen molar-refractivity contribution in [1.82, 2.24) is 4.90 Å². The maximum absolute atomic E-state index is 11.9. The Balaban J connectivity index is 0.00000166. The van der Waals surface area contributed by atoms with Gasteiger partial charge in [-0.05, 0) is 48.9 Å². The van der Waals surface area contributed by atoms with Crippen LogP contribution in [0.2, 0.25) is 0 Å². The Hall–Kier alpha value is -2.69.